The average molecular weight is 248 g/mol. The number of rotatable bonds is 2. The maximum atomic E-state index is 4.60. The van der Waals surface area contributed by atoms with Gasteiger partial charge in [0.2, 0.25) is 0 Å². The van der Waals surface area contributed by atoms with Crippen molar-refractivity contribution in [1.82, 2.24) is 0 Å². The first kappa shape index (κ1) is 15.1. The molecular formula is C16H28N2. The van der Waals surface area contributed by atoms with E-state index in [0.29, 0.717) is 23.9 Å². The lowest BCUT2D eigenvalue weighted by Gasteiger charge is -2.17. The Bertz CT molecular complexity index is 270. The summed E-state index contributed by atoms with van der Waals surface area (Å²) in [5.41, 5.74) is 0. The molecule has 102 valence electrons. The van der Waals surface area contributed by atoms with Gasteiger partial charge in [0.1, 0.15) is 0 Å². The van der Waals surface area contributed by atoms with E-state index in [4.69, 9.17) is 0 Å². The van der Waals surface area contributed by atoms with Crippen LogP contribution in [0.15, 0.2) is 34.5 Å². The van der Waals surface area contributed by atoms with Crippen molar-refractivity contribution in [2.45, 2.75) is 65.5 Å². The largest absolute Gasteiger partial charge is 0.190 e. The molecule has 0 saturated heterocycles. The van der Waals surface area contributed by atoms with Crippen molar-refractivity contribution in [3.8, 4) is 0 Å². The van der Waals surface area contributed by atoms with E-state index >= 15 is 0 Å². The third-order valence-corrected chi connectivity index (χ3v) is 3.49. The Morgan fingerprint density at radius 3 is 1.44 bits per heavy atom. The zero-order valence-corrected chi connectivity index (χ0v) is 12.3. The molecule has 0 radical (unpaired) electrons. The standard InChI is InChI=1S/C16H28N2/c1-13(2)15-11-9-7-5-6-8-10-12-16(14(3)4)18-17-15/h7-10,13-16H,5-6,11-12H2,1-4H3/b9-7-,10-8-,18-17?. The van der Waals surface area contributed by atoms with E-state index in [2.05, 4.69) is 62.2 Å². The molecule has 0 aromatic heterocycles. The van der Waals surface area contributed by atoms with Gasteiger partial charge in [0.25, 0.3) is 0 Å². The molecule has 0 amide bonds. The molecule has 2 heteroatoms. The van der Waals surface area contributed by atoms with E-state index in [0.717, 1.165) is 25.7 Å². The highest BCUT2D eigenvalue weighted by Gasteiger charge is 2.14. The SMILES string of the molecule is CC(C)C1C/C=C\CC/C=C\CC(C(C)C)N=N1. The van der Waals surface area contributed by atoms with Crippen LogP contribution in [0.1, 0.15) is 53.4 Å². The maximum absolute atomic E-state index is 4.60. The molecule has 0 aliphatic carbocycles. The summed E-state index contributed by atoms with van der Waals surface area (Å²) in [4.78, 5) is 0. The number of allylic oxidation sites excluding steroid dienone is 2. The smallest absolute Gasteiger partial charge is 0.0765 e. The Balaban J connectivity index is 2.78. The van der Waals surface area contributed by atoms with Gasteiger partial charge in [-0.15, -0.1) is 0 Å². The van der Waals surface area contributed by atoms with Crippen LogP contribution >= 0.6 is 0 Å². The predicted octanol–water partition coefficient (Wildman–Crippen LogP) is 5.17. The average Bonchev–Trinajstić information content (AvgIpc) is 2.28. The Morgan fingerprint density at radius 1 is 0.722 bits per heavy atom. The van der Waals surface area contributed by atoms with Crippen molar-refractivity contribution in [3.05, 3.63) is 24.3 Å². The minimum atomic E-state index is 0.339. The van der Waals surface area contributed by atoms with Crippen LogP contribution in [0.25, 0.3) is 0 Å². The molecule has 1 heterocycles. The monoisotopic (exact) mass is 248 g/mol. The fraction of sp³-hybridized carbons (Fsp3) is 0.750. The molecule has 2 atom stereocenters. The van der Waals surface area contributed by atoms with E-state index < -0.39 is 0 Å². The third-order valence-electron chi connectivity index (χ3n) is 3.49. The van der Waals surface area contributed by atoms with Gasteiger partial charge >= 0.3 is 0 Å². The molecule has 1 aliphatic heterocycles. The second kappa shape index (κ2) is 8.23. The zero-order valence-electron chi connectivity index (χ0n) is 12.3. The van der Waals surface area contributed by atoms with Crippen LogP contribution in [0, 0.1) is 11.8 Å². The highest BCUT2D eigenvalue weighted by Crippen LogP contribution is 2.18. The van der Waals surface area contributed by atoms with Gasteiger partial charge < -0.3 is 0 Å². The lowest BCUT2D eigenvalue weighted by molar-refractivity contribution is 0.426. The molecule has 0 aromatic carbocycles. The summed E-state index contributed by atoms with van der Waals surface area (Å²) in [7, 11) is 0. The summed E-state index contributed by atoms with van der Waals surface area (Å²) < 4.78 is 0. The fourth-order valence-electron chi connectivity index (χ4n) is 1.98. The summed E-state index contributed by atoms with van der Waals surface area (Å²) in [5.74, 6) is 1.12. The van der Waals surface area contributed by atoms with Crippen LogP contribution in [0.5, 0.6) is 0 Å². The molecule has 0 aromatic rings. The number of hydrogen-bond donors (Lipinski definition) is 0. The predicted molar refractivity (Wildman–Crippen MR) is 78.9 cm³/mol. The maximum Gasteiger partial charge on any atom is 0.0765 e. The second-order valence-electron chi connectivity index (χ2n) is 5.85. The van der Waals surface area contributed by atoms with Crippen molar-refractivity contribution in [3.63, 3.8) is 0 Å². The zero-order chi connectivity index (χ0) is 13.4. The van der Waals surface area contributed by atoms with Crippen LogP contribution < -0.4 is 0 Å². The minimum absolute atomic E-state index is 0.339. The van der Waals surface area contributed by atoms with E-state index in [1.165, 1.54) is 0 Å². The molecule has 0 saturated carbocycles. The van der Waals surface area contributed by atoms with Crippen LogP contribution in [-0.4, -0.2) is 12.1 Å². The van der Waals surface area contributed by atoms with E-state index in [1.807, 2.05) is 0 Å². The fourth-order valence-corrected chi connectivity index (χ4v) is 1.98. The highest BCUT2D eigenvalue weighted by molar-refractivity contribution is 4.93. The van der Waals surface area contributed by atoms with Crippen molar-refractivity contribution < 1.29 is 0 Å². The van der Waals surface area contributed by atoms with Gasteiger partial charge in [-0.25, -0.2) is 0 Å². The summed E-state index contributed by atoms with van der Waals surface area (Å²) >= 11 is 0. The Labute approximate surface area is 112 Å². The molecule has 0 spiro atoms. The molecule has 1 rings (SSSR count). The molecular weight excluding hydrogens is 220 g/mol. The van der Waals surface area contributed by atoms with Crippen molar-refractivity contribution >= 4 is 0 Å². The van der Waals surface area contributed by atoms with Crippen molar-refractivity contribution in [2.75, 3.05) is 0 Å². The van der Waals surface area contributed by atoms with Gasteiger partial charge in [-0.2, -0.15) is 10.2 Å². The normalized spacial score (nSPS) is 29.9. The quantitative estimate of drug-likeness (QED) is 0.602. The molecule has 2 unspecified atom stereocenters. The molecule has 0 fully saturated rings. The Kier molecular flexibility index (Phi) is 6.92. The van der Waals surface area contributed by atoms with Crippen LogP contribution in [0.2, 0.25) is 0 Å². The summed E-state index contributed by atoms with van der Waals surface area (Å²) in [6.45, 7) is 8.92. The highest BCUT2D eigenvalue weighted by atomic mass is 15.1. The molecule has 0 bridgehead atoms. The Hall–Kier alpha value is -0.920. The van der Waals surface area contributed by atoms with Gasteiger partial charge in [-0.1, -0.05) is 52.0 Å². The second-order valence-corrected chi connectivity index (χ2v) is 5.85. The summed E-state index contributed by atoms with van der Waals surface area (Å²) in [6, 6.07) is 0.678. The molecule has 18 heavy (non-hydrogen) atoms. The van der Waals surface area contributed by atoms with Crippen LogP contribution in [-0.2, 0) is 0 Å². The lowest BCUT2D eigenvalue weighted by Crippen LogP contribution is -2.15. The van der Waals surface area contributed by atoms with Gasteiger partial charge in [0.05, 0.1) is 12.1 Å². The third kappa shape index (κ3) is 5.61. The Morgan fingerprint density at radius 2 is 1.11 bits per heavy atom. The molecule has 2 nitrogen and oxygen atoms in total. The van der Waals surface area contributed by atoms with E-state index in [-0.39, 0.29) is 0 Å². The van der Waals surface area contributed by atoms with Gasteiger partial charge in [0.15, 0.2) is 0 Å². The van der Waals surface area contributed by atoms with Crippen LogP contribution in [0.3, 0.4) is 0 Å². The first-order chi connectivity index (χ1) is 8.61. The van der Waals surface area contributed by atoms with Crippen LogP contribution in [0.4, 0.5) is 0 Å². The number of hydrogen-bond acceptors (Lipinski definition) is 2. The summed E-state index contributed by atoms with van der Waals surface area (Å²) in [5, 5.41) is 9.20. The summed E-state index contributed by atoms with van der Waals surface area (Å²) in [6.07, 6.45) is 13.4. The number of nitrogens with zero attached hydrogens (tertiary/aromatic N) is 2. The van der Waals surface area contributed by atoms with E-state index in [1.54, 1.807) is 0 Å². The van der Waals surface area contributed by atoms with Crippen molar-refractivity contribution in [2.24, 2.45) is 22.1 Å². The van der Waals surface area contributed by atoms with Gasteiger partial charge in [-0.05, 0) is 37.5 Å². The van der Waals surface area contributed by atoms with E-state index in [9.17, 15) is 0 Å². The minimum Gasteiger partial charge on any atom is -0.190 e. The van der Waals surface area contributed by atoms with Gasteiger partial charge in [-0.3, -0.25) is 0 Å². The topological polar surface area (TPSA) is 24.7 Å². The van der Waals surface area contributed by atoms with Crippen molar-refractivity contribution in [1.29, 1.82) is 0 Å². The molecule has 1 aliphatic rings. The number of azo groups is 1. The van der Waals surface area contributed by atoms with Gasteiger partial charge in [0, 0.05) is 0 Å². The molecule has 0 N–H and O–H groups in total. The first-order valence-electron chi connectivity index (χ1n) is 7.31. The lowest BCUT2D eigenvalue weighted by atomic mass is 10.00. The first-order valence-corrected chi connectivity index (χ1v) is 7.31.